The minimum atomic E-state index is -4.86. The summed E-state index contributed by atoms with van der Waals surface area (Å²) in [6, 6.07) is 5.96. The van der Waals surface area contributed by atoms with Gasteiger partial charge >= 0.3 is 6.18 Å². The summed E-state index contributed by atoms with van der Waals surface area (Å²) in [6.45, 7) is 0.686. The number of hydrogen-bond acceptors (Lipinski definition) is 4. The molecule has 1 aromatic heterocycles. The zero-order chi connectivity index (χ0) is 17.2. The molecule has 0 bridgehead atoms. The Labute approximate surface area is 133 Å². The van der Waals surface area contributed by atoms with Crippen molar-refractivity contribution in [2.45, 2.75) is 13.1 Å². The highest BCUT2D eigenvalue weighted by Crippen LogP contribution is 2.32. The summed E-state index contributed by atoms with van der Waals surface area (Å²) in [5.41, 5.74) is -0.681. The first-order chi connectivity index (χ1) is 10.7. The maximum Gasteiger partial charge on any atom is 0.452 e. The number of benzene rings is 1. The normalized spacial score (nSPS) is 11.3. The second-order valence-corrected chi connectivity index (χ2v) is 4.96. The Bertz CT molecular complexity index is 756. The maximum absolute atomic E-state index is 12.7. The summed E-state index contributed by atoms with van der Waals surface area (Å²) in [5, 5.41) is 2.42. The Morgan fingerprint density at radius 1 is 1.35 bits per heavy atom. The van der Waals surface area contributed by atoms with Crippen LogP contribution in [-0.4, -0.2) is 23.2 Å². The van der Waals surface area contributed by atoms with Crippen molar-refractivity contribution in [2.24, 2.45) is 0 Å². The number of nitrogens with zero attached hydrogens (tertiary/aromatic N) is 1. The van der Waals surface area contributed by atoms with Crippen LogP contribution in [0.5, 0.6) is 0 Å². The zero-order valence-electron chi connectivity index (χ0n) is 11.7. The maximum atomic E-state index is 12.7. The van der Waals surface area contributed by atoms with E-state index in [0.717, 1.165) is 0 Å². The summed E-state index contributed by atoms with van der Waals surface area (Å²) in [7, 11) is 0. The molecule has 5 nitrogen and oxygen atoms in total. The number of hydrogen-bond donors (Lipinski definition) is 1. The van der Waals surface area contributed by atoms with Gasteiger partial charge in [0.1, 0.15) is 0 Å². The first kappa shape index (κ1) is 17.0. The Hall–Kier alpha value is -2.35. The number of aryl methyl sites for hydroxylation is 1. The molecule has 122 valence electrons. The lowest BCUT2D eigenvalue weighted by Gasteiger charge is -2.06. The van der Waals surface area contributed by atoms with Crippen LogP contribution in [0.3, 0.4) is 0 Å². The van der Waals surface area contributed by atoms with Gasteiger partial charge in [-0.15, -0.1) is 0 Å². The highest BCUT2D eigenvalue weighted by Gasteiger charge is 2.41. The van der Waals surface area contributed by atoms with Crippen LogP contribution in [0.1, 0.15) is 32.5 Å². The molecule has 0 spiro atoms. The monoisotopic (exact) mass is 346 g/mol. The van der Waals surface area contributed by atoms with Crippen molar-refractivity contribution in [3.63, 3.8) is 0 Å². The van der Waals surface area contributed by atoms with Crippen LogP contribution in [-0.2, 0) is 6.18 Å². The predicted octanol–water partition coefficient (Wildman–Crippen LogP) is 3.27. The van der Waals surface area contributed by atoms with Gasteiger partial charge in [-0.05, 0) is 12.1 Å². The van der Waals surface area contributed by atoms with E-state index in [0.29, 0.717) is 5.02 Å². The molecule has 23 heavy (non-hydrogen) atoms. The van der Waals surface area contributed by atoms with Crippen LogP contribution in [0.4, 0.5) is 13.2 Å². The van der Waals surface area contributed by atoms with E-state index in [9.17, 15) is 22.8 Å². The molecule has 2 aromatic rings. The fourth-order valence-electron chi connectivity index (χ4n) is 1.78. The lowest BCUT2D eigenvalue weighted by Crippen LogP contribution is -2.31. The Morgan fingerprint density at radius 2 is 2.04 bits per heavy atom. The van der Waals surface area contributed by atoms with Gasteiger partial charge in [0, 0.05) is 17.5 Å². The number of rotatable bonds is 4. The molecular weight excluding hydrogens is 337 g/mol. The van der Waals surface area contributed by atoms with Gasteiger partial charge in [-0.3, -0.25) is 9.59 Å². The molecule has 0 radical (unpaired) electrons. The van der Waals surface area contributed by atoms with Crippen molar-refractivity contribution in [1.29, 1.82) is 0 Å². The second kappa shape index (κ2) is 6.41. The largest absolute Gasteiger partial charge is 0.452 e. The molecular formula is C14H10ClF3N2O3. The van der Waals surface area contributed by atoms with Crippen LogP contribution < -0.4 is 5.32 Å². The van der Waals surface area contributed by atoms with E-state index < -0.39 is 35.9 Å². The van der Waals surface area contributed by atoms with Crippen molar-refractivity contribution in [2.75, 3.05) is 6.54 Å². The van der Waals surface area contributed by atoms with E-state index in [2.05, 4.69) is 14.7 Å². The lowest BCUT2D eigenvalue weighted by molar-refractivity contribution is -0.153. The van der Waals surface area contributed by atoms with Crippen LogP contribution in [0.15, 0.2) is 28.7 Å². The van der Waals surface area contributed by atoms with Crippen LogP contribution in [0, 0.1) is 6.92 Å². The molecule has 1 aromatic carbocycles. The van der Waals surface area contributed by atoms with E-state index in [-0.39, 0.29) is 11.5 Å². The van der Waals surface area contributed by atoms with E-state index in [1.165, 1.54) is 19.1 Å². The van der Waals surface area contributed by atoms with Crippen molar-refractivity contribution in [1.82, 2.24) is 10.3 Å². The van der Waals surface area contributed by atoms with E-state index >= 15 is 0 Å². The molecule has 0 aliphatic heterocycles. The fraction of sp³-hybridized carbons (Fsp3) is 0.214. The number of amides is 1. The van der Waals surface area contributed by atoms with Crippen molar-refractivity contribution in [3.05, 3.63) is 52.2 Å². The average molecular weight is 347 g/mol. The third kappa shape index (κ3) is 4.10. The fourth-order valence-corrected chi connectivity index (χ4v) is 1.97. The molecule has 0 aliphatic rings. The Morgan fingerprint density at radius 3 is 2.65 bits per heavy atom. The van der Waals surface area contributed by atoms with Gasteiger partial charge in [0.2, 0.25) is 5.76 Å². The molecule has 0 aliphatic carbocycles. The number of Topliss-reactive ketones (excluding diaryl/α,β-unsaturated/α-hetero) is 1. The summed E-state index contributed by atoms with van der Waals surface area (Å²) in [4.78, 5) is 27.1. The molecule has 0 atom stereocenters. The van der Waals surface area contributed by atoms with Gasteiger partial charge < -0.3 is 9.73 Å². The number of ketones is 1. The van der Waals surface area contributed by atoms with E-state index in [1.807, 2.05) is 0 Å². The highest BCUT2D eigenvalue weighted by atomic mass is 35.5. The first-order valence-corrected chi connectivity index (χ1v) is 6.68. The van der Waals surface area contributed by atoms with Gasteiger partial charge in [0.15, 0.2) is 17.4 Å². The quantitative estimate of drug-likeness (QED) is 0.862. The van der Waals surface area contributed by atoms with Crippen LogP contribution >= 0.6 is 11.6 Å². The summed E-state index contributed by atoms with van der Waals surface area (Å²) in [6.07, 6.45) is -4.86. The smallest absolute Gasteiger partial charge is 0.436 e. The van der Waals surface area contributed by atoms with Gasteiger partial charge in [0.25, 0.3) is 5.91 Å². The predicted molar refractivity (Wildman–Crippen MR) is 74.4 cm³/mol. The molecule has 0 unspecified atom stereocenters. The van der Waals surface area contributed by atoms with E-state index in [1.54, 1.807) is 12.1 Å². The lowest BCUT2D eigenvalue weighted by atomic mass is 10.1. The molecule has 9 heteroatoms. The van der Waals surface area contributed by atoms with Crippen LogP contribution in [0.25, 0.3) is 0 Å². The molecule has 0 saturated carbocycles. The number of carbonyl (C=O) groups is 2. The highest BCUT2D eigenvalue weighted by molar-refractivity contribution is 6.31. The average Bonchev–Trinajstić information content (AvgIpc) is 2.86. The minimum Gasteiger partial charge on any atom is -0.436 e. The summed E-state index contributed by atoms with van der Waals surface area (Å²) in [5.74, 6) is -3.45. The second-order valence-electron chi connectivity index (χ2n) is 4.52. The number of oxazole rings is 1. The van der Waals surface area contributed by atoms with Gasteiger partial charge in [-0.25, -0.2) is 4.98 Å². The zero-order valence-corrected chi connectivity index (χ0v) is 12.5. The molecule has 0 saturated heterocycles. The van der Waals surface area contributed by atoms with Crippen molar-refractivity contribution >= 4 is 23.3 Å². The molecule has 2 rings (SSSR count). The standard InChI is InChI=1S/C14H10ClF3N2O3/c1-7-20-11(12(23-7)14(16,17)18)13(22)19-6-10(21)8-3-2-4-9(15)5-8/h2-5H,6H2,1H3,(H,19,22). The summed E-state index contributed by atoms with van der Waals surface area (Å²) >= 11 is 5.73. The van der Waals surface area contributed by atoms with Crippen LogP contribution in [0.2, 0.25) is 5.02 Å². The number of aromatic nitrogens is 1. The number of halogens is 4. The molecule has 1 N–H and O–H groups in total. The number of nitrogens with one attached hydrogen (secondary N) is 1. The molecule has 0 fully saturated rings. The third-order valence-electron chi connectivity index (χ3n) is 2.76. The van der Waals surface area contributed by atoms with Gasteiger partial charge in [-0.1, -0.05) is 23.7 Å². The third-order valence-corrected chi connectivity index (χ3v) is 3.00. The SMILES string of the molecule is Cc1nc(C(=O)NCC(=O)c2cccc(Cl)c2)c(C(F)(F)F)o1. The summed E-state index contributed by atoms with van der Waals surface area (Å²) < 4.78 is 42.6. The number of carbonyl (C=O) groups excluding carboxylic acids is 2. The number of alkyl halides is 3. The first-order valence-electron chi connectivity index (χ1n) is 6.30. The van der Waals surface area contributed by atoms with Crippen molar-refractivity contribution in [3.8, 4) is 0 Å². The molecule has 1 amide bonds. The Balaban J connectivity index is 2.10. The minimum absolute atomic E-state index is 0.227. The molecule has 1 heterocycles. The van der Waals surface area contributed by atoms with Crippen molar-refractivity contribution < 1.29 is 27.2 Å². The Kier molecular flexibility index (Phi) is 4.74. The topological polar surface area (TPSA) is 72.2 Å². The van der Waals surface area contributed by atoms with Gasteiger partial charge in [0.05, 0.1) is 6.54 Å². The van der Waals surface area contributed by atoms with E-state index in [4.69, 9.17) is 11.6 Å². The van der Waals surface area contributed by atoms with Gasteiger partial charge in [-0.2, -0.15) is 13.2 Å².